The Morgan fingerprint density at radius 3 is 3.15 bits per heavy atom. The van der Waals surface area contributed by atoms with Crippen molar-refractivity contribution in [3.05, 3.63) is 22.4 Å². The Labute approximate surface area is 127 Å². The molecule has 1 aromatic rings. The fourth-order valence-corrected chi connectivity index (χ4v) is 3.52. The highest BCUT2D eigenvalue weighted by Gasteiger charge is 2.26. The molecule has 4 heteroatoms. The average molecular weight is 296 g/mol. The van der Waals surface area contributed by atoms with Gasteiger partial charge in [-0.25, -0.2) is 0 Å². The van der Waals surface area contributed by atoms with Gasteiger partial charge in [0.05, 0.1) is 6.61 Å². The second kappa shape index (κ2) is 8.78. The molecule has 0 bridgehead atoms. The van der Waals surface area contributed by atoms with E-state index < -0.39 is 0 Å². The molecule has 0 aliphatic carbocycles. The fraction of sp³-hybridized carbons (Fsp3) is 0.750. The molecule has 0 radical (unpaired) electrons. The standard InChI is InChI=1S/C16H28N2OS/c1-3-8-17-16-7-10-19-13-14(16)12-18(2)9-6-15-5-4-11-20-15/h4-5,11,14,16-17H,3,6-10,12-13H2,1-2H3. The number of ether oxygens (including phenoxy) is 1. The second-order valence-corrected chi connectivity index (χ2v) is 6.81. The Morgan fingerprint density at radius 1 is 1.50 bits per heavy atom. The van der Waals surface area contributed by atoms with Crippen LogP contribution >= 0.6 is 11.3 Å². The summed E-state index contributed by atoms with van der Waals surface area (Å²) in [6, 6.07) is 5.00. The van der Waals surface area contributed by atoms with Gasteiger partial charge in [-0.2, -0.15) is 0 Å². The Balaban J connectivity index is 1.74. The zero-order valence-electron chi connectivity index (χ0n) is 12.8. The van der Waals surface area contributed by atoms with Gasteiger partial charge in [0.1, 0.15) is 0 Å². The lowest BCUT2D eigenvalue weighted by molar-refractivity contribution is 0.0200. The van der Waals surface area contributed by atoms with E-state index in [2.05, 4.69) is 41.7 Å². The average Bonchev–Trinajstić information content (AvgIpc) is 2.97. The number of likely N-dealkylation sites (N-methyl/N-ethyl adjacent to an activating group) is 1. The van der Waals surface area contributed by atoms with Crippen molar-refractivity contribution in [2.45, 2.75) is 32.2 Å². The molecule has 3 nitrogen and oxygen atoms in total. The van der Waals surface area contributed by atoms with E-state index in [-0.39, 0.29) is 0 Å². The van der Waals surface area contributed by atoms with Crippen molar-refractivity contribution >= 4 is 11.3 Å². The van der Waals surface area contributed by atoms with E-state index in [1.807, 2.05) is 11.3 Å². The van der Waals surface area contributed by atoms with Crippen molar-refractivity contribution in [1.82, 2.24) is 10.2 Å². The maximum atomic E-state index is 5.68. The quantitative estimate of drug-likeness (QED) is 0.798. The monoisotopic (exact) mass is 296 g/mol. The molecular weight excluding hydrogens is 268 g/mol. The Bertz CT molecular complexity index is 355. The Morgan fingerprint density at radius 2 is 2.40 bits per heavy atom. The fourth-order valence-electron chi connectivity index (χ4n) is 2.82. The topological polar surface area (TPSA) is 24.5 Å². The Hall–Kier alpha value is -0.420. The van der Waals surface area contributed by atoms with Gasteiger partial charge in [0, 0.05) is 36.5 Å². The molecule has 1 aliphatic heterocycles. The van der Waals surface area contributed by atoms with Crippen molar-refractivity contribution in [1.29, 1.82) is 0 Å². The maximum absolute atomic E-state index is 5.68. The van der Waals surface area contributed by atoms with Gasteiger partial charge in [0.15, 0.2) is 0 Å². The molecule has 1 aliphatic rings. The van der Waals surface area contributed by atoms with Crippen LogP contribution in [0.25, 0.3) is 0 Å². The van der Waals surface area contributed by atoms with Gasteiger partial charge in [0.2, 0.25) is 0 Å². The smallest absolute Gasteiger partial charge is 0.0521 e. The van der Waals surface area contributed by atoms with Crippen LogP contribution in [-0.2, 0) is 11.2 Å². The van der Waals surface area contributed by atoms with Crippen molar-refractivity contribution in [2.24, 2.45) is 5.92 Å². The van der Waals surface area contributed by atoms with Crippen LogP contribution in [0.4, 0.5) is 0 Å². The van der Waals surface area contributed by atoms with Gasteiger partial charge < -0.3 is 15.0 Å². The van der Waals surface area contributed by atoms with Crippen LogP contribution in [0, 0.1) is 5.92 Å². The Kier molecular flexibility index (Phi) is 7.00. The minimum Gasteiger partial charge on any atom is -0.381 e. The molecule has 114 valence electrons. The third-order valence-electron chi connectivity index (χ3n) is 4.00. The third kappa shape index (κ3) is 5.17. The predicted octanol–water partition coefficient (Wildman–Crippen LogP) is 2.63. The highest BCUT2D eigenvalue weighted by atomic mass is 32.1. The minimum absolute atomic E-state index is 0.628. The lowest BCUT2D eigenvalue weighted by Gasteiger charge is -2.35. The molecule has 1 N–H and O–H groups in total. The van der Waals surface area contributed by atoms with Crippen LogP contribution < -0.4 is 5.32 Å². The number of nitrogens with one attached hydrogen (secondary N) is 1. The van der Waals surface area contributed by atoms with E-state index >= 15 is 0 Å². The first-order valence-corrected chi connectivity index (χ1v) is 8.69. The SMILES string of the molecule is CCCNC1CCOCC1CN(C)CCc1cccs1. The van der Waals surface area contributed by atoms with Crippen LogP contribution in [0.15, 0.2) is 17.5 Å². The minimum atomic E-state index is 0.628. The van der Waals surface area contributed by atoms with Crippen molar-refractivity contribution in [3.63, 3.8) is 0 Å². The highest BCUT2D eigenvalue weighted by Crippen LogP contribution is 2.17. The normalized spacial score (nSPS) is 23.4. The van der Waals surface area contributed by atoms with E-state index in [4.69, 9.17) is 4.74 Å². The van der Waals surface area contributed by atoms with Gasteiger partial charge in [-0.3, -0.25) is 0 Å². The van der Waals surface area contributed by atoms with Crippen molar-refractivity contribution in [2.75, 3.05) is 39.9 Å². The summed E-state index contributed by atoms with van der Waals surface area (Å²) in [5, 5.41) is 5.85. The zero-order chi connectivity index (χ0) is 14.2. The summed E-state index contributed by atoms with van der Waals surface area (Å²) in [4.78, 5) is 3.94. The van der Waals surface area contributed by atoms with Gasteiger partial charge >= 0.3 is 0 Å². The molecule has 0 saturated carbocycles. The van der Waals surface area contributed by atoms with Crippen LogP contribution in [0.5, 0.6) is 0 Å². The molecule has 1 aromatic heterocycles. The van der Waals surface area contributed by atoms with Crippen LogP contribution in [0.1, 0.15) is 24.6 Å². The van der Waals surface area contributed by atoms with Crippen molar-refractivity contribution < 1.29 is 4.74 Å². The van der Waals surface area contributed by atoms with Gasteiger partial charge in [-0.1, -0.05) is 13.0 Å². The number of hydrogen-bond donors (Lipinski definition) is 1. The van der Waals surface area contributed by atoms with E-state index in [0.717, 1.165) is 45.7 Å². The molecule has 20 heavy (non-hydrogen) atoms. The summed E-state index contributed by atoms with van der Waals surface area (Å²) >= 11 is 1.86. The summed E-state index contributed by atoms with van der Waals surface area (Å²) in [6.45, 7) is 7.44. The predicted molar refractivity (Wildman–Crippen MR) is 86.5 cm³/mol. The second-order valence-electron chi connectivity index (χ2n) is 5.78. The summed E-state index contributed by atoms with van der Waals surface area (Å²) < 4.78 is 5.68. The first-order valence-electron chi connectivity index (χ1n) is 7.81. The van der Waals surface area contributed by atoms with Crippen LogP contribution in [-0.4, -0.2) is 50.8 Å². The largest absolute Gasteiger partial charge is 0.381 e. The number of thiophene rings is 1. The molecule has 0 amide bonds. The summed E-state index contributed by atoms with van der Waals surface area (Å²) in [6.07, 6.45) is 3.52. The molecule has 2 unspecified atom stereocenters. The number of hydrogen-bond acceptors (Lipinski definition) is 4. The van der Waals surface area contributed by atoms with Gasteiger partial charge in [-0.15, -0.1) is 11.3 Å². The van der Waals surface area contributed by atoms with E-state index in [0.29, 0.717) is 12.0 Å². The first-order chi connectivity index (χ1) is 9.79. The van der Waals surface area contributed by atoms with Crippen LogP contribution in [0.3, 0.4) is 0 Å². The van der Waals surface area contributed by atoms with Gasteiger partial charge in [0.25, 0.3) is 0 Å². The molecule has 0 aromatic carbocycles. The molecule has 2 atom stereocenters. The molecular formula is C16H28N2OS. The maximum Gasteiger partial charge on any atom is 0.0521 e. The van der Waals surface area contributed by atoms with Gasteiger partial charge in [-0.05, 0) is 44.3 Å². The lowest BCUT2D eigenvalue weighted by Crippen LogP contribution is -2.47. The summed E-state index contributed by atoms with van der Waals surface area (Å²) in [7, 11) is 2.24. The first kappa shape index (κ1) is 16.0. The molecule has 2 heterocycles. The van der Waals surface area contributed by atoms with E-state index in [9.17, 15) is 0 Å². The summed E-state index contributed by atoms with van der Waals surface area (Å²) in [5.41, 5.74) is 0. The van der Waals surface area contributed by atoms with E-state index in [1.54, 1.807) is 0 Å². The number of rotatable bonds is 8. The molecule has 1 saturated heterocycles. The van der Waals surface area contributed by atoms with Crippen molar-refractivity contribution in [3.8, 4) is 0 Å². The molecule has 0 spiro atoms. The van der Waals surface area contributed by atoms with E-state index in [1.165, 1.54) is 11.3 Å². The summed E-state index contributed by atoms with van der Waals surface area (Å²) in [5.74, 6) is 0.628. The molecule has 2 rings (SSSR count). The lowest BCUT2D eigenvalue weighted by atomic mass is 9.95. The third-order valence-corrected chi connectivity index (χ3v) is 4.93. The zero-order valence-corrected chi connectivity index (χ0v) is 13.6. The number of nitrogens with zero attached hydrogens (tertiary/aromatic N) is 1. The molecule has 1 fully saturated rings. The van der Waals surface area contributed by atoms with Crippen LogP contribution in [0.2, 0.25) is 0 Å². The highest BCUT2D eigenvalue weighted by molar-refractivity contribution is 7.09.